The molecule has 2 fully saturated rings. The van der Waals surface area contributed by atoms with E-state index in [0.717, 1.165) is 17.8 Å². The minimum Gasteiger partial charge on any atom is -0.396 e. The lowest BCUT2D eigenvalue weighted by molar-refractivity contribution is 0.157. The average molecular weight is 278 g/mol. The summed E-state index contributed by atoms with van der Waals surface area (Å²) in [7, 11) is 0. The van der Waals surface area contributed by atoms with E-state index in [9.17, 15) is 5.11 Å². The molecule has 0 aromatic heterocycles. The predicted octanol–water partition coefficient (Wildman–Crippen LogP) is 5.34. The van der Waals surface area contributed by atoms with Crippen LogP contribution in [0.4, 0.5) is 0 Å². The lowest BCUT2D eigenvalue weighted by atomic mass is 9.75. The Labute approximate surface area is 125 Å². The van der Waals surface area contributed by atoms with Crippen LogP contribution in [-0.2, 0) is 0 Å². The summed E-state index contributed by atoms with van der Waals surface area (Å²) in [6.45, 7) is 4.26. The van der Waals surface area contributed by atoms with Crippen LogP contribution in [0.3, 0.4) is 0 Å². The lowest BCUT2D eigenvalue weighted by Gasteiger charge is -2.31. The topological polar surface area (TPSA) is 20.2 Å². The van der Waals surface area contributed by atoms with Crippen molar-refractivity contribution in [1.29, 1.82) is 0 Å². The zero-order valence-electron chi connectivity index (χ0n) is 13.2. The summed E-state index contributed by atoms with van der Waals surface area (Å²) in [5, 5.41) is 9.19. The van der Waals surface area contributed by atoms with Crippen LogP contribution in [0.1, 0.15) is 77.0 Å². The van der Waals surface area contributed by atoms with Crippen LogP contribution in [0.5, 0.6) is 0 Å². The minimum atomic E-state index is 0.418. The van der Waals surface area contributed by atoms with Gasteiger partial charge in [0.15, 0.2) is 0 Å². The monoisotopic (exact) mass is 278 g/mol. The molecule has 0 saturated heterocycles. The molecule has 2 aliphatic carbocycles. The molecule has 1 heteroatoms. The normalized spacial score (nSPS) is 34.9. The summed E-state index contributed by atoms with van der Waals surface area (Å²) in [5.41, 5.74) is 0. The summed E-state index contributed by atoms with van der Waals surface area (Å²) >= 11 is 0. The van der Waals surface area contributed by atoms with Crippen molar-refractivity contribution in [2.75, 3.05) is 6.61 Å². The summed E-state index contributed by atoms with van der Waals surface area (Å²) in [4.78, 5) is 0. The summed E-state index contributed by atoms with van der Waals surface area (Å²) < 4.78 is 0. The zero-order valence-corrected chi connectivity index (χ0v) is 13.2. The number of aliphatic hydroxyl groups excluding tert-OH is 1. The van der Waals surface area contributed by atoms with Crippen molar-refractivity contribution in [3.05, 3.63) is 12.7 Å². The van der Waals surface area contributed by atoms with E-state index in [1.165, 1.54) is 77.0 Å². The molecule has 0 unspecified atom stereocenters. The van der Waals surface area contributed by atoms with Crippen molar-refractivity contribution >= 4 is 0 Å². The Morgan fingerprint density at radius 2 is 1.10 bits per heavy atom. The van der Waals surface area contributed by atoms with Crippen LogP contribution < -0.4 is 0 Å². The lowest BCUT2D eigenvalue weighted by Crippen LogP contribution is -2.19. The Hall–Kier alpha value is -0.300. The fraction of sp³-hybridized carbons (Fsp3) is 0.895. The number of rotatable bonds is 7. The largest absolute Gasteiger partial charge is 0.396 e. The molecule has 0 heterocycles. The van der Waals surface area contributed by atoms with Crippen molar-refractivity contribution in [1.82, 2.24) is 0 Å². The van der Waals surface area contributed by atoms with E-state index in [4.69, 9.17) is 0 Å². The van der Waals surface area contributed by atoms with Gasteiger partial charge in [-0.1, -0.05) is 57.4 Å². The predicted molar refractivity (Wildman–Crippen MR) is 86.6 cm³/mol. The van der Waals surface area contributed by atoms with Gasteiger partial charge in [0.2, 0.25) is 0 Å². The molecule has 1 nitrogen and oxygen atoms in total. The van der Waals surface area contributed by atoms with Gasteiger partial charge in [-0.15, -0.1) is 6.58 Å². The minimum absolute atomic E-state index is 0.418. The third kappa shape index (κ3) is 5.24. The van der Waals surface area contributed by atoms with Gasteiger partial charge in [0, 0.05) is 6.61 Å². The quantitative estimate of drug-likeness (QED) is 0.623. The molecule has 116 valence electrons. The van der Waals surface area contributed by atoms with Gasteiger partial charge >= 0.3 is 0 Å². The van der Waals surface area contributed by atoms with Crippen LogP contribution in [0.2, 0.25) is 0 Å². The third-order valence-electron chi connectivity index (χ3n) is 5.95. The van der Waals surface area contributed by atoms with E-state index >= 15 is 0 Å². The summed E-state index contributed by atoms with van der Waals surface area (Å²) in [5.74, 6) is 3.60. The highest BCUT2D eigenvalue weighted by Crippen LogP contribution is 2.37. The second-order valence-corrected chi connectivity index (χ2v) is 7.40. The number of hydrogen-bond acceptors (Lipinski definition) is 1. The molecule has 0 bridgehead atoms. The van der Waals surface area contributed by atoms with E-state index in [2.05, 4.69) is 12.7 Å². The van der Waals surface area contributed by atoms with Gasteiger partial charge in [0.1, 0.15) is 0 Å². The van der Waals surface area contributed by atoms with Crippen molar-refractivity contribution in [3.8, 4) is 0 Å². The first-order chi connectivity index (χ1) is 9.81. The van der Waals surface area contributed by atoms with Gasteiger partial charge in [0.25, 0.3) is 0 Å². The highest BCUT2D eigenvalue weighted by Gasteiger charge is 2.24. The van der Waals surface area contributed by atoms with E-state index in [1.54, 1.807) is 0 Å². The molecule has 2 aliphatic rings. The second-order valence-electron chi connectivity index (χ2n) is 7.40. The number of aliphatic hydroxyl groups is 1. The van der Waals surface area contributed by atoms with E-state index in [-0.39, 0.29) is 0 Å². The van der Waals surface area contributed by atoms with Crippen LogP contribution in [0.25, 0.3) is 0 Å². The molecule has 2 rings (SSSR count). The SMILES string of the molecule is C=CCC[C@H]1CC[C@H](CC[C@H]2CC[C@H](CO)CC2)CC1. The molecule has 1 N–H and O–H groups in total. The fourth-order valence-electron chi connectivity index (χ4n) is 4.34. The maximum atomic E-state index is 9.19. The molecule has 0 aliphatic heterocycles. The van der Waals surface area contributed by atoms with Gasteiger partial charge < -0.3 is 5.11 Å². The van der Waals surface area contributed by atoms with Gasteiger partial charge in [-0.3, -0.25) is 0 Å². The van der Waals surface area contributed by atoms with E-state index in [0.29, 0.717) is 12.5 Å². The van der Waals surface area contributed by atoms with Gasteiger partial charge in [-0.25, -0.2) is 0 Å². The van der Waals surface area contributed by atoms with Gasteiger partial charge in [0.05, 0.1) is 0 Å². The van der Waals surface area contributed by atoms with Gasteiger partial charge in [-0.05, 0) is 49.4 Å². The third-order valence-corrected chi connectivity index (χ3v) is 5.95. The number of hydrogen-bond donors (Lipinski definition) is 1. The Morgan fingerprint density at radius 1 is 0.700 bits per heavy atom. The van der Waals surface area contributed by atoms with Crippen LogP contribution >= 0.6 is 0 Å². The first kappa shape index (κ1) is 16.1. The summed E-state index contributed by atoms with van der Waals surface area (Å²) in [6.07, 6.45) is 18.8. The first-order valence-electron chi connectivity index (χ1n) is 9.03. The fourth-order valence-corrected chi connectivity index (χ4v) is 4.34. The average Bonchev–Trinajstić information content (AvgIpc) is 2.52. The molecule has 0 amide bonds. The van der Waals surface area contributed by atoms with Crippen molar-refractivity contribution in [2.24, 2.45) is 23.7 Å². The number of allylic oxidation sites excluding steroid dienone is 1. The molecule has 0 spiro atoms. The van der Waals surface area contributed by atoms with Gasteiger partial charge in [-0.2, -0.15) is 0 Å². The van der Waals surface area contributed by atoms with Crippen molar-refractivity contribution < 1.29 is 5.11 Å². The first-order valence-corrected chi connectivity index (χ1v) is 9.03. The molecular formula is C19H34O. The zero-order chi connectivity index (χ0) is 14.2. The molecule has 0 radical (unpaired) electrons. The smallest absolute Gasteiger partial charge is 0.0459 e. The molecule has 0 aromatic carbocycles. The Kier molecular flexibility index (Phi) is 7.13. The Balaban J connectivity index is 1.56. The van der Waals surface area contributed by atoms with Crippen LogP contribution in [0, 0.1) is 23.7 Å². The van der Waals surface area contributed by atoms with E-state index in [1.807, 2.05) is 0 Å². The Morgan fingerprint density at radius 3 is 1.50 bits per heavy atom. The van der Waals surface area contributed by atoms with Crippen LogP contribution in [0.15, 0.2) is 12.7 Å². The molecular weight excluding hydrogens is 244 g/mol. The molecule has 0 atom stereocenters. The van der Waals surface area contributed by atoms with Crippen molar-refractivity contribution in [3.63, 3.8) is 0 Å². The molecule has 2 saturated carbocycles. The highest BCUT2D eigenvalue weighted by atomic mass is 16.3. The highest BCUT2D eigenvalue weighted by molar-refractivity contribution is 4.78. The Bertz CT molecular complexity index is 257. The molecule has 0 aromatic rings. The standard InChI is InChI=1S/C19H34O/c1-2-3-4-16-5-7-17(8-6-16)9-10-18-11-13-19(15-20)14-12-18/h2,16-20H,1,3-15H2/t16-,17-,18-,19-. The van der Waals surface area contributed by atoms with Crippen LogP contribution in [-0.4, -0.2) is 11.7 Å². The second kappa shape index (κ2) is 8.87. The summed E-state index contributed by atoms with van der Waals surface area (Å²) in [6, 6.07) is 0. The van der Waals surface area contributed by atoms with Crippen molar-refractivity contribution in [2.45, 2.75) is 77.0 Å². The molecule has 20 heavy (non-hydrogen) atoms. The maximum absolute atomic E-state index is 9.19. The maximum Gasteiger partial charge on any atom is 0.0459 e. The van der Waals surface area contributed by atoms with E-state index < -0.39 is 0 Å².